The standard InChI is InChI=1S/C22H18FNO6/c1-28-11-10-24-21(26)18-12-15-5-8-17(13-19(15)30-22(18)27)29-20(25)9-4-14-2-6-16(23)7-3-14/h2-9,12-13H,10-11H2,1H3,(H,24,26)/b9-4+. The predicted molar refractivity (Wildman–Crippen MR) is 108 cm³/mol. The molecule has 154 valence electrons. The van der Waals surface area contributed by atoms with Crippen LogP contribution in [-0.4, -0.2) is 32.1 Å². The minimum Gasteiger partial charge on any atom is -0.423 e. The van der Waals surface area contributed by atoms with Gasteiger partial charge in [-0.25, -0.2) is 14.0 Å². The Kier molecular flexibility index (Phi) is 6.71. The van der Waals surface area contributed by atoms with Crippen molar-refractivity contribution in [1.82, 2.24) is 5.32 Å². The van der Waals surface area contributed by atoms with Crippen LogP contribution < -0.4 is 15.7 Å². The molecule has 0 radical (unpaired) electrons. The zero-order chi connectivity index (χ0) is 21.5. The van der Waals surface area contributed by atoms with Gasteiger partial charge in [-0.2, -0.15) is 0 Å². The highest BCUT2D eigenvalue weighted by atomic mass is 19.1. The van der Waals surface area contributed by atoms with Gasteiger partial charge in [-0.3, -0.25) is 4.79 Å². The van der Waals surface area contributed by atoms with Gasteiger partial charge in [0, 0.05) is 31.2 Å². The molecule has 2 aromatic carbocycles. The fourth-order valence-corrected chi connectivity index (χ4v) is 2.56. The van der Waals surface area contributed by atoms with Gasteiger partial charge in [0.25, 0.3) is 5.91 Å². The average molecular weight is 411 g/mol. The maximum Gasteiger partial charge on any atom is 0.349 e. The van der Waals surface area contributed by atoms with E-state index < -0.39 is 17.5 Å². The van der Waals surface area contributed by atoms with E-state index in [1.165, 1.54) is 61.7 Å². The second-order valence-electron chi connectivity index (χ2n) is 6.20. The van der Waals surface area contributed by atoms with Crippen molar-refractivity contribution in [2.45, 2.75) is 0 Å². The third kappa shape index (κ3) is 5.39. The summed E-state index contributed by atoms with van der Waals surface area (Å²) in [5.41, 5.74) is -0.141. The number of nitrogens with one attached hydrogen (secondary N) is 1. The molecule has 0 fully saturated rings. The topological polar surface area (TPSA) is 94.8 Å². The van der Waals surface area contributed by atoms with Gasteiger partial charge >= 0.3 is 11.6 Å². The Morgan fingerprint density at radius 2 is 1.90 bits per heavy atom. The average Bonchev–Trinajstić information content (AvgIpc) is 2.73. The third-order valence-electron chi connectivity index (χ3n) is 4.04. The molecule has 3 rings (SSSR count). The van der Waals surface area contributed by atoms with Gasteiger partial charge in [0.05, 0.1) is 6.61 Å². The van der Waals surface area contributed by atoms with Gasteiger partial charge in [-0.15, -0.1) is 0 Å². The lowest BCUT2D eigenvalue weighted by molar-refractivity contribution is -0.128. The van der Waals surface area contributed by atoms with Gasteiger partial charge in [0.1, 0.15) is 22.7 Å². The number of carbonyl (C=O) groups excluding carboxylic acids is 2. The number of hydrogen-bond donors (Lipinski definition) is 1. The summed E-state index contributed by atoms with van der Waals surface area (Å²) >= 11 is 0. The summed E-state index contributed by atoms with van der Waals surface area (Å²) in [6, 6.07) is 11.5. The summed E-state index contributed by atoms with van der Waals surface area (Å²) < 4.78 is 28.1. The minimum atomic E-state index is -0.808. The first-order valence-corrected chi connectivity index (χ1v) is 8.97. The Labute approximate surface area is 170 Å². The molecule has 0 aliphatic rings. The summed E-state index contributed by atoms with van der Waals surface area (Å²) in [4.78, 5) is 36.2. The van der Waals surface area contributed by atoms with Crippen LogP contribution in [0.2, 0.25) is 0 Å². The highest BCUT2D eigenvalue weighted by Crippen LogP contribution is 2.21. The lowest BCUT2D eigenvalue weighted by atomic mass is 10.1. The van der Waals surface area contributed by atoms with Gasteiger partial charge in [-0.1, -0.05) is 12.1 Å². The van der Waals surface area contributed by atoms with Crippen molar-refractivity contribution in [3.63, 3.8) is 0 Å². The van der Waals surface area contributed by atoms with Crippen LogP contribution in [0.1, 0.15) is 15.9 Å². The molecule has 0 saturated heterocycles. The first-order valence-electron chi connectivity index (χ1n) is 8.97. The number of benzene rings is 2. The van der Waals surface area contributed by atoms with Crippen molar-refractivity contribution in [1.29, 1.82) is 0 Å². The van der Waals surface area contributed by atoms with Gasteiger partial charge in [0.15, 0.2) is 0 Å². The Balaban J connectivity index is 1.72. The Morgan fingerprint density at radius 3 is 2.63 bits per heavy atom. The summed E-state index contributed by atoms with van der Waals surface area (Å²) in [5, 5.41) is 3.05. The van der Waals surface area contributed by atoms with E-state index in [1.54, 1.807) is 6.07 Å². The highest BCUT2D eigenvalue weighted by Gasteiger charge is 2.14. The second-order valence-corrected chi connectivity index (χ2v) is 6.20. The van der Waals surface area contributed by atoms with Gasteiger partial charge in [-0.05, 0) is 42.0 Å². The van der Waals surface area contributed by atoms with Crippen LogP contribution in [0.3, 0.4) is 0 Å². The van der Waals surface area contributed by atoms with Crippen molar-refractivity contribution in [2.75, 3.05) is 20.3 Å². The van der Waals surface area contributed by atoms with Crippen molar-refractivity contribution in [2.24, 2.45) is 0 Å². The van der Waals surface area contributed by atoms with E-state index in [-0.39, 0.29) is 29.3 Å². The second kappa shape index (κ2) is 9.62. The third-order valence-corrected chi connectivity index (χ3v) is 4.04. The molecular weight excluding hydrogens is 393 g/mol. The lowest BCUT2D eigenvalue weighted by Crippen LogP contribution is -2.30. The number of amides is 1. The molecule has 7 nitrogen and oxygen atoms in total. The summed E-state index contributed by atoms with van der Waals surface area (Å²) in [5.74, 6) is -1.43. The molecule has 0 saturated carbocycles. The fraction of sp³-hybridized carbons (Fsp3) is 0.136. The molecule has 0 unspecified atom stereocenters. The molecule has 0 atom stereocenters. The molecule has 0 bridgehead atoms. The molecule has 0 aliphatic heterocycles. The maximum atomic E-state index is 12.9. The molecule has 0 aliphatic carbocycles. The lowest BCUT2D eigenvalue weighted by Gasteiger charge is -2.06. The van der Waals surface area contributed by atoms with E-state index in [0.717, 1.165) is 0 Å². The van der Waals surface area contributed by atoms with E-state index in [4.69, 9.17) is 13.9 Å². The quantitative estimate of drug-likeness (QED) is 0.211. The molecule has 30 heavy (non-hydrogen) atoms. The SMILES string of the molecule is COCCNC(=O)c1cc2ccc(OC(=O)/C=C/c3ccc(F)cc3)cc2oc1=O. The fourth-order valence-electron chi connectivity index (χ4n) is 2.56. The van der Waals surface area contributed by atoms with Crippen LogP contribution in [-0.2, 0) is 9.53 Å². The van der Waals surface area contributed by atoms with E-state index in [2.05, 4.69) is 5.32 Å². The van der Waals surface area contributed by atoms with Crippen molar-refractivity contribution < 1.29 is 27.9 Å². The molecule has 1 amide bonds. The molecule has 1 aromatic heterocycles. The number of hydrogen-bond acceptors (Lipinski definition) is 6. The largest absolute Gasteiger partial charge is 0.423 e. The number of ether oxygens (including phenoxy) is 2. The molecule has 1 heterocycles. The summed E-state index contributed by atoms with van der Waals surface area (Å²) in [7, 11) is 1.50. The van der Waals surface area contributed by atoms with E-state index in [1.807, 2.05) is 0 Å². The van der Waals surface area contributed by atoms with Crippen LogP contribution in [0.5, 0.6) is 5.75 Å². The van der Waals surface area contributed by atoms with Gasteiger partial charge in [0.2, 0.25) is 0 Å². The van der Waals surface area contributed by atoms with E-state index >= 15 is 0 Å². The summed E-state index contributed by atoms with van der Waals surface area (Å²) in [6.07, 6.45) is 2.68. The minimum absolute atomic E-state index is 0.134. The smallest absolute Gasteiger partial charge is 0.349 e. The number of rotatable bonds is 7. The van der Waals surface area contributed by atoms with E-state index in [9.17, 15) is 18.8 Å². The zero-order valence-electron chi connectivity index (χ0n) is 16.0. The van der Waals surface area contributed by atoms with Crippen LogP contribution in [0.25, 0.3) is 17.0 Å². The van der Waals surface area contributed by atoms with Crippen LogP contribution in [0, 0.1) is 5.82 Å². The first kappa shape index (κ1) is 20.9. The number of fused-ring (bicyclic) bond motifs is 1. The molecule has 8 heteroatoms. The van der Waals surface area contributed by atoms with Gasteiger partial charge < -0.3 is 19.2 Å². The Hall–Kier alpha value is -3.78. The first-order chi connectivity index (χ1) is 14.5. The van der Waals surface area contributed by atoms with Crippen molar-refractivity contribution >= 4 is 28.9 Å². The van der Waals surface area contributed by atoms with Crippen molar-refractivity contribution in [3.05, 3.63) is 82.0 Å². The zero-order valence-corrected chi connectivity index (χ0v) is 16.0. The highest BCUT2D eigenvalue weighted by molar-refractivity contribution is 5.97. The molecule has 1 N–H and O–H groups in total. The molecular formula is C22H18FNO6. The maximum absolute atomic E-state index is 12.9. The van der Waals surface area contributed by atoms with Crippen LogP contribution in [0.4, 0.5) is 4.39 Å². The number of esters is 1. The van der Waals surface area contributed by atoms with E-state index in [0.29, 0.717) is 17.6 Å². The summed E-state index contributed by atoms with van der Waals surface area (Å²) in [6.45, 7) is 0.572. The normalized spacial score (nSPS) is 11.0. The Morgan fingerprint density at radius 1 is 1.13 bits per heavy atom. The number of methoxy groups -OCH3 is 1. The van der Waals surface area contributed by atoms with Crippen molar-refractivity contribution in [3.8, 4) is 5.75 Å². The monoisotopic (exact) mass is 411 g/mol. The van der Waals surface area contributed by atoms with Crippen LogP contribution >= 0.6 is 0 Å². The molecule has 0 spiro atoms. The number of carbonyl (C=O) groups is 2. The Bertz CT molecular complexity index is 1150. The molecule has 3 aromatic rings. The predicted octanol–water partition coefficient (Wildman–Crippen LogP) is 2.93. The number of halogens is 1. The van der Waals surface area contributed by atoms with Crippen LogP contribution in [0.15, 0.2) is 63.8 Å².